The summed E-state index contributed by atoms with van der Waals surface area (Å²) in [6, 6.07) is 0. The van der Waals surface area contributed by atoms with Gasteiger partial charge in [-0.25, -0.2) is 9.13 Å². The van der Waals surface area contributed by atoms with Crippen molar-refractivity contribution >= 4 is 27.6 Å². The molecule has 0 saturated heterocycles. The fourth-order valence-electron chi connectivity index (χ4n) is 5.57. The Morgan fingerprint density at radius 1 is 0.550 bits per heavy atom. The largest absolute Gasteiger partial charge is 0.472 e. The SMILES string of the molecule is CCCCCCCCCCCCCCCCCC(=O)OC[C@H](COP(=O)(O)OC[C@@H](O)COP(=O)(O)O)OC(=O)CCC/C=C\C/C=C\C/C=C\C/C=C\C=C\[C@H](O)CC. The molecule has 0 aromatic rings. The number of phosphoric acid groups is 2. The molecule has 0 spiro atoms. The molecule has 0 aliphatic rings. The lowest BCUT2D eigenvalue weighted by Crippen LogP contribution is -2.29. The molecule has 0 saturated carbocycles. The summed E-state index contributed by atoms with van der Waals surface area (Å²) in [4.78, 5) is 52.7. The highest BCUT2D eigenvalue weighted by atomic mass is 31.2. The molecule has 5 N–H and O–H groups in total. The van der Waals surface area contributed by atoms with Crippen molar-refractivity contribution in [3.8, 4) is 0 Å². The van der Waals surface area contributed by atoms with Gasteiger partial charge in [0.1, 0.15) is 12.7 Å². The van der Waals surface area contributed by atoms with Gasteiger partial charge in [0.25, 0.3) is 0 Å². The molecule has 0 aromatic carbocycles. The first-order valence-corrected chi connectivity index (χ1v) is 25.1. The summed E-state index contributed by atoms with van der Waals surface area (Å²) in [5.41, 5.74) is 0. The van der Waals surface area contributed by atoms with Gasteiger partial charge in [0.05, 0.1) is 25.9 Å². The highest BCUT2D eigenvalue weighted by Gasteiger charge is 2.28. The molecule has 0 aliphatic carbocycles. The lowest BCUT2D eigenvalue weighted by Gasteiger charge is -2.20. The van der Waals surface area contributed by atoms with Gasteiger partial charge in [0.15, 0.2) is 6.10 Å². The first kappa shape index (κ1) is 57.8. The van der Waals surface area contributed by atoms with E-state index in [4.69, 9.17) is 23.8 Å². The summed E-state index contributed by atoms with van der Waals surface area (Å²) >= 11 is 0. The maximum absolute atomic E-state index is 12.6. The molecule has 0 heterocycles. The van der Waals surface area contributed by atoms with Gasteiger partial charge in [-0.2, -0.15) is 0 Å². The number of hydrogen-bond acceptors (Lipinski definition) is 11. The predicted molar refractivity (Wildman–Crippen MR) is 236 cm³/mol. The van der Waals surface area contributed by atoms with Crippen LogP contribution in [0.25, 0.3) is 0 Å². The Hall–Kier alpha value is -2.22. The third-order valence-electron chi connectivity index (χ3n) is 9.07. The van der Waals surface area contributed by atoms with Crippen LogP contribution in [-0.2, 0) is 41.8 Å². The molecule has 0 bridgehead atoms. The Bertz CT molecular complexity index is 1310. The number of rotatable bonds is 41. The third kappa shape index (κ3) is 42.5. The zero-order valence-electron chi connectivity index (χ0n) is 36.4. The minimum absolute atomic E-state index is 0.0387. The first-order chi connectivity index (χ1) is 28.8. The summed E-state index contributed by atoms with van der Waals surface area (Å²) < 4.78 is 47.7. The highest BCUT2D eigenvalue weighted by molar-refractivity contribution is 7.47. The molecule has 0 amide bonds. The number of carbonyl (C=O) groups excluding carboxylic acids is 2. The number of aliphatic hydroxyl groups excluding tert-OH is 2. The van der Waals surface area contributed by atoms with Crippen molar-refractivity contribution < 1.29 is 66.7 Å². The molecule has 16 heteroatoms. The molecule has 4 atom stereocenters. The van der Waals surface area contributed by atoms with Crippen LogP contribution >= 0.6 is 15.6 Å². The van der Waals surface area contributed by atoms with Crippen LogP contribution in [0.3, 0.4) is 0 Å². The van der Waals surface area contributed by atoms with Crippen LogP contribution in [0.5, 0.6) is 0 Å². The number of ether oxygens (including phenoxy) is 2. The van der Waals surface area contributed by atoms with E-state index in [1.54, 1.807) is 6.08 Å². The van der Waals surface area contributed by atoms with Gasteiger partial charge >= 0.3 is 27.6 Å². The molecule has 348 valence electrons. The monoisotopic (exact) mass is 892 g/mol. The number of aliphatic hydroxyl groups is 2. The van der Waals surface area contributed by atoms with Gasteiger partial charge in [-0.15, -0.1) is 0 Å². The topological polar surface area (TPSA) is 216 Å². The summed E-state index contributed by atoms with van der Waals surface area (Å²) in [5.74, 6) is -1.12. The van der Waals surface area contributed by atoms with Crippen molar-refractivity contribution in [1.82, 2.24) is 0 Å². The number of allylic oxidation sites excluding steroid dienone is 9. The molecule has 0 radical (unpaired) electrons. The Balaban J connectivity index is 4.62. The van der Waals surface area contributed by atoms with Gasteiger partial charge in [0, 0.05) is 12.8 Å². The van der Waals surface area contributed by atoms with E-state index in [2.05, 4.69) is 34.2 Å². The average molecular weight is 893 g/mol. The molecule has 14 nitrogen and oxygen atoms in total. The van der Waals surface area contributed by atoms with Crippen molar-refractivity contribution in [3.63, 3.8) is 0 Å². The number of carbonyl (C=O) groups is 2. The van der Waals surface area contributed by atoms with E-state index in [0.717, 1.165) is 38.5 Å². The van der Waals surface area contributed by atoms with E-state index in [1.807, 2.05) is 43.4 Å². The van der Waals surface area contributed by atoms with E-state index in [9.17, 15) is 33.8 Å². The zero-order chi connectivity index (χ0) is 44.6. The van der Waals surface area contributed by atoms with Gasteiger partial charge in [0.2, 0.25) is 0 Å². The summed E-state index contributed by atoms with van der Waals surface area (Å²) in [6.45, 7) is 1.36. The van der Waals surface area contributed by atoms with Gasteiger partial charge in [-0.1, -0.05) is 164 Å². The minimum Gasteiger partial charge on any atom is -0.462 e. The fourth-order valence-corrected chi connectivity index (χ4v) is 6.73. The van der Waals surface area contributed by atoms with Crippen LogP contribution < -0.4 is 0 Å². The molecule has 0 rings (SSSR count). The van der Waals surface area contributed by atoms with Gasteiger partial charge in [-0.3, -0.25) is 23.2 Å². The Labute approximate surface area is 360 Å². The molecule has 0 aliphatic heterocycles. The number of unbranched alkanes of at least 4 members (excludes halogenated alkanes) is 15. The maximum Gasteiger partial charge on any atom is 0.472 e. The number of phosphoric ester groups is 2. The number of hydrogen-bond donors (Lipinski definition) is 5. The third-order valence-corrected chi connectivity index (χ3v) is 10.5. The fraction of sp³-hybridized carbons (Fsp3) is 0.727. The molecule has 1 unspecified atom stereocenters. The maximum atomic E-state index is 12.6. The van der Waals surface area contributed by atoms with E-state index in [0.29, 0.717) is 25.7 Å². The van der Waals surface area contributed by atoms with Crippen LogP contribution in [0.4, 0.5) is 0 Å². The van der Waals surface area contributed by atoms with E-state index in [-0.39, 0.29) is 12.8 Å². The Kier molecular flexibility index (Phi) is 38.1. The van der Waals surface area contributed by atoms with Crippen molar-refractivity contribution in [1.29, 1.82) is 0 Å². The quantitative estimate of drug-likeness (QED) is 0.0127. The molecule has 0 aromatic heterocycles. The van der Waals surface area contributed by atoms with Crippen molar-refractivity contribution in [2.24, 2.45) is 0 Å². The summed E-state index contributed by atoms with van der Waals surface area (Å²) in [5, 5.41) is 19.2. The minimum atomic E-state index is -4.87. The summed E-state index contributed by atoms with van der Waals surface area (Å²) in [7, 11) is -9.71. The van der Waals surface area contributed by atoms with Crippen molar-refractivity contribution in [2.75, 3.05) is 26.4 Å². The Morgan fingerprint density at radius 2 is 1.03 bits per heavy atom. The van der Waals surface area contributed by atoms with Crippen LogP contribution in [-0.4, -0.2) is 81.6 Å². The highest BCUT2D eigenvalue weighted by Crippen LogP contribution is 2.43. The second-order valence-corrected chi connectivity index (χ2v) is 17.5. The molecule has 60 heavy (non-hydrogen) atoms. The zero-order valence-corrected chi connectivity index (χ0v) is 38.2. The molecule has 0 fully saturated rings. The smallest absolute Gasteiger partial charge is 0.462 e. The predicted octanol–water partition coefficient (Wildman–Crippen LogP) is 10.2. The van der Waals surface area contributed by atoms with Gasteiger partial charge in [-0.05, 0) is 44.9 Å². The van der Waals surface area contributed by atoms with E-state index < -0.39 is 72.3 Å². The van der Waals surface area contributed by atoms with Crippen molar-refractivity contribution in [3.05, 3.63) is 60.8 Å². The average Bonchev–Trinajstić information content (AvgIpc) is 3.21. The normalized spacial score (nSPS) is 15.1. The summed E-state index contributed by atoms with van der Waals surface area (Å²) in [6.07, 6.45) is 38.8. The van der Waals surface area contributed by atoms with E-state index in [1.165, 1.54) is 70.6 Å². The van der Waals surface area contributed by atoms with Crippen LogP contribution in [0.2, 0.25) is 0 Å². The second-order valence-electron chi connectivity index (χ2n) is 14.8. The number of esters is 2. The van der Waals surface area contributed by atoms with E-state index >= 15 is 0 Å². The molecular weight excluding hydrogens is 814 g/mol. The standard InChI is InChI=1S/C44H78O14P2/c1-3-5-6-7-8-9-10-11-12-16-19-22-25-28-31-34-43(47)54-38-42(39-57-60(52,53)56-37-41(46)36-55-59(49,50)51)58-44(48)35-32-29-26-23-20-17-14-13-15-18-21-24-27-30-33-40(45)4-2/h14-15,17-18,23-24,26-27,30,33,40-42,45-46H,3-13,16,19-22,25,28-29,31-32,34-39H2,1-2H3,(H,52,53)(H2,49,50,51)/b17-14-,18-15-,26-23-,27-24-,33-30+/t40-,41+,42-/m1/s1. The van der Waals surface area contributed by atoms with Crippen LogP contribution in [0.15, 0.2) is 60.8 Å². The van der Waals surface area contributed by atoms with Crippen LogP contribution in [0, 0.1) is 0 Å². The lowest BCUT2D eigenvalue weighted by molar-refractivity contribution is -0.161. The first-order valence-electron chi connectivity index (χ1n) is 22.1. The van der Waals surface area contributed by atoms with Crippen LogP contribution in [0.1, 0.15) is 162 Å². The lowest BCUT2D eigenvalue weighted by atomic mass is 10.0. The second kappa shape index (κ2) is 39.6. The molecular formula is C44H78O14P2. The van der Waals surface area contributed by atoms with Gasteiger partial charge < -0.3 is 34.4 Å². The Morgan fingerprint density at radius 3 is 1.58 bits per heavy atom. The van der Waals surface area contributed by atoms with Crippen molar-refractivity contribution in [2.45, 2.75) is 180 Å².